The molecular formula is C64H38N8PtS2. The van der Waals surface area contributed by atoms with Crippen molar-refractivity contribution in [1.82, 2.24) is 34.5 Å². The largest absolute Gasteiger partial charge is 2.00 e. The predicted molar refractivity (Wildman–Crippen MR) is 303 cm³/mol. The molecule has 0 aliphatic carbocycles. The molecule has 11 heteroatoms. The van der Waals surface area contributed by atoms with Crippen LogP contribution < -0.4 is 4.90 Å². The number of fused-ring (bicyclic) bond motifs is 5. The molecule has 0 spiro atoms. The van der Waals surface area contributed by atoms with E-state index in [9.17, 15) is 0 Å². The van der Waals surface area contributed by atoms with Gasteiger partial charge in [-0.1, -0.05) is 121 Å². The fourth-order valence-corrected chi connectivity index (χ4v) is 12.0. The molecule has 14 rings (SSSR count). The summed E-state index contributed by atoms with van der Waals surface area (Å²) in [6.45, 7) is 0. The van der Waals surface area contributed by atoms with E-state index in [1.54, 1.807) is 22.7 Å². The molecule has 0 fully saturated rings. The van der Waals surface area contributed by atoms with E-state index in [1.165, 1.54) is 19.2 Å². The summed E-state index contributed by atoms with van der Waals surface area (Å²) >= 11 is 3.61. The fraction of sp³-hybridized carbons (Fsp3) is 0. The van der Waals surface area contributed by atoms with Gasteiger partial charge in [0.15, 0.2) is 11.6 Å². The fourth-order valence-electron chi connectivity index (χ4n) is 9.63. The second-order valence-electron chi connectivity index (χ2n) is 17.8. The van der Waals surface area contributed by atoms with Crippen LogP contribution in [0.25, 0.3) is 114 Å². The first-order chi connectivity index (χ1) is 36.6. The first kappa shape index (κ1) is 46.0. The van der Waals surface area contributed by atoms with Crippen LogP contribution in [0.3, 0.4) is 0 Å². The van der Waals surface area contributed by atoms with Crippen molar-refractivity contribution in [2.75, 3.05) is 4.90 Å². The van der Waals surface area contributed by atoms with Crippen LogP contribution in [0, 0.1) is 12.1 Å². The van der Waals surface area contributed by atoms with Gasteiger partial charge in [0.05, 0.1) is 22.1 Å². The van der Waals surface area contributed by atoms with Gasteiger partial charge in [-0.3, -0.25) is 4.57 Å². The second-order valence-corrected chi connectivity index (χ2v) is 20.0. The summed E-state index contributed by atoms with van der Waals surface area (Å²) in [5, 5.41) is 2.06. The number of benzene rings is 7. The van der Waals surface area contributed by atoms with E-state index in [0.717, 1.165) is 94.7 Å². The number of thiophene rings is 2. The molecule has 0 atom stereocenters. The number of nitrogens with zero attached hydrogens (tertiary/aromatic N) is 8. The number of rotatable bonds is 10. The second kappa shape index (κ2) is 19.6. The maximum atomic E-state index is 5.32. The van der Waals surface area contributed by atoms with Crippen molar-refractivity contribution in [1.29, 1.82) is 0 Å². The van der Waals surface area contributed by atoms with Crippen molar-refractivity contribution in [3.05, 3.63) is 243 Å². The van der Waals surface area contributed by atoms with Crippen LogP contribution in [0.2, 0.25) is 0 Å². The van der Waals surface area contributed by atoms with E-state index >= 15 is 0 Å². The van der Waals surface area contributed by atoms with Crippen molar-refractivity contribution in [3.63, 3.8) is 0 Å². The number of pyridine rings is 3. The van der Waals surface area contributed by atoms with Crippen LogP contribution >= 0.6 is 22.7 Å². The number of aromatic nitrogens is 7. The molecule has 75 heavy (non-hydrogen) atoms. The third-order valence-electron chi connectivity index (χ3n) is 13.1. The van der Waals surface area contributed by atoms with Crippen molar-refractivity contribution >= 4 is 82.0 Å². The molecule has 0 unspecified atom stereocenters. The average Bonchev–Trinajstić information content (AvgIpc) is 4.17. The Hall–Kier alpha value is -8.79. The zero-order chi connectivity index (χ0) is 49.0. The van der Waals surface area contributed by atoms with Gasteiger partial charge in [-0.2, -0.15) is 9.97 Å². The van der Waals surface area contributed by atoms with Gasteiger partial charge in [0.1, 0.15) is 0 Å². The van der Waals surface area contributed by atoms with Crippen molar-refractivity contribution in [2.45, 2.75) is 0 Å². The van der Waals surface area contributed by atoms with Gasteiger partial charge >= 0.3 is 21.1 Å². The Labute approximate surface area is 454 Å². The maximum Gasteiger partial charge on any atom is 2.00 e. The van der Waals surface area contributed by atoms with Crippen LogP contribution in [0.4, 0.5) is 17.1 Å². The van der Waals surface area contributed by atoms with Crippen LogP contribution in [0.1, 0.15) is 0 Å². The number of hydrogen-bond donors (Lipinski definition) is 0. The molecule has 0 aliphatic heterocycles. The van der Waals surface area contributed by atoms with E-state index in [2.05, 4.69) is 147 Å². The molecule has 0 saturated heterocycles. The topological polar surface area (TPSA) is 85.5 Å². The normalized spacial score (nSPS) is 11.4. The molecule has 0 aliphatic rings. The van der Waals surface area contributed by atoms with E-state index in [0.29, 0.717) is 17.6 Å². The molecule has 7 heterocycles. The first-order valence-electron chi connectivity index (χ1n) is 24.2. The number of anilines is 3. The monoisotopic (exact) mass is 1180 g/mol. The van der Waals surface area contributed by atoms with Gasteiger partial charge in [0, 0.05) is 59.1 Å². The average molecular weight is 1180 g/mol. The Morgan fingerprint density at radius 1 is 0.427 bits per heavy atom. The van der Waals surface area contributed by atoms with E-state index in [4.69, 9.17) is 19.9 Å². The van der Waals surface area contributed by atoms with E-state index < -0.39 is 0 Å². The summed E-state index contributed by atoms with van der Waals surface area (Å²) in [5.74, 6) is 1.74. The molecule has 0 saturated carbocycles. The summed E-state index contributed by atoms with van der Waals surface area (Å²) in [4.78, 5) is 34.5. The Morgan fingerprint density at radius 3 is 1.60 bits per heavy atom. The molecular weight excluding hydrogens is 1140 g/mol. The predicted octanol–water partition coefficient (Wildman–Crippen LogP) is 16.7. The Kier molecular flexibility index (Phi) is 12.0. The maximum absolute atomic E-state index is 5.32. The molecule has 356 valence electrons. The molecule has 0 N–H and O–H groups in total. The summed E-state index contributed by atoms with van der Waals surface area (Å²) in [5.41, 5.74) is 14.1. The summed E-state index contributed by atoms with van der Waals surface area (Å²) in [6.07, 6.45) is 3.63. The minimum absolute atomic E-state index is 0. The standard InChI is InChI=1S/C64H38N8S2.Pt/c1-3-16-41(17-4-1)62-68-63(42-18-5-2-6-19-42)70-64(69-62)72-55-31-30-47(37-51(55)61-56(72)38-45-20-7-8-29-54(45)67-61)58-40-60-59(74-58)39-57(73-60)46-23-15-26-50(36-46)71(48-24-13-21-43(34-48)52-27-9-11-32-65-52)49-25-14-22-44(35-49)53-28-10-12-33-66-53;/h1-33,36-40H;/q-2;+2. The third-order valence-corrected chi connectivity index (χ3v) is 15.5. The minimum Gasteiger partial charge on any atom is -0.346 e. The van der Waals surface area contributed by atoms with Crippen molar-refractivity contribution in [2.24, 2.45) is 0 Å². The minimum atomic E-state index is 0. The Bertz CT molecular complexity index is 4220. The van der Waals surface area contributed by atoms with Crippen LogP contribution in [0.5, 0.6) is 0 Å². The quantitative estimate of drug-likeness (QED) is 0.126. The molecule has 7 aromatic heterocycles. The van der Waals surface area contributed by atoms with Gasteiger partial charge in [0.25, 0.3) is 0 Å². The Balaban J connectivity index is 0.00000541. The zero-order valence-corrected chi connectivity index (χ0v) is 43.6. The summed E-state index contributed by atoms with van der Waals surface area (Å²) in [6, 6.07) is 82.4. The SMILES string of the molecule is [Pt+2].[c-]1c(-c2ccccn2)cccc1N(c1[c-]c(-c2ccccn2)ccc1)c1cccc(-c2cc3sc(-c4ccc5c(c4)c4nc6ccccc6cc4n5-c4nc(-c5ccccc5)nc(-c5ccccc5)n4)cc3s2)c1. The van der Waals surface area contributed by atoms with Gasteiger partial charge < -0.3 is 14.9 Å². The summed E-state index contributed by atoms with van der Waals surface area (Å²) in [7, 11) is 0. The Morgan fingerprint density at radius 2 is 0.987 bits per heavy atom. The smallest absolute Gasteiger partial charge is 0.346 e. The molecule has 0 bridgehead atoms. The van der Waals surface area contributed by atoms with E-state index in [-0.39, 0.29) is 21.1 Å². The molecule has 0 amide bonds. The van der Waals surface area contributed by atoms with Gasteiger partial charge in [-0.05, 0) is 94.6 Å². The van der Waals surface area contributed by atoms with Crippen LogP contribution in [0.15, 0.2) is 231 Å². The van der Waals surface area contributed by atoms with Gasteiger partial charge in [0.2, 0.25) is 5.95 Å². The molecule has 7 aromatic carbocycles. The zero-order valence-electron chi connectivity index (χ0n) is 39.6. The van der Waals surface area contributed by atoms with Gasteiger partial charge in [-0.15, -0.1) is 82.3 Å². The first-order valence-corrected chi connectivity index (χ1v) is 25.8. The molecule has 0 radical (unpaired) electrons. The van der Waals surface area contributed by atoms with E-state index in [1.807, 2.05) is 116 Å². The molecule has 14 aromatic rings. The van der Waals surface area contributed by atoms with Crippen molar-refractivity contribution < 1.29 is 21.1 Å². The third kappa shape index (κ3) is 8.68. The number of para-hydroxylation sites is 1. The van der Waals surface area contributed by atoms with Crippen LogP contribution in [-0.2, 0) is 21.1 Å². The molecule has 8 nitrogen and oxygen atoms in total. The number of hydrogen-bond acceptors (Lipinski definition) is 9. The van der Waals surface area contributed by atoms with Gasteiger partial charge in [-0.25, -0.2) is 9.97 Å². The van der Waals surface area contributed by atoms with Crippen LogP contribution in [-0.4, -0.2) is 34.5 Å². The summed E-state index contributed by atoms with van der Waals surface area (Å²) < 4.78 is 4.61. The van der Waals surface area contributed by atoms with Crippen molar-refractivity contribution in [3.8, 4) is 72.1 Å².